The van der Waals surface area contributed by atoms with Gasteiger partial charge in [0.05, 0.1) is 13.2 Å². The summed E-state index contributed by atoms with van der Waals surface area (Å²) < 4.78 is 24.9. The van der Waals surface area contributed by atoms with Gasteiger partial charge in [0.2, 0.25) is 0 Å². The van der Waals surface area contributed by atoms with Gasteiger partial charge >= 0.3 is 0 Å². The third-order valence-corrected chi connectivity index (χ3v) is 2.41. The van der Waals surface area contributed by atoms with Crippen molar-refractivity contribution in [3.63, 3.8) is 0 Å². The molecule has 7 heteroatoms. The number of aliphatic hydroxyl groups is 1. The Hall–Kier alpha value is -1.76. The molecule has 0 aliphatic heterocycles. The molecule has 0 unspecified atom stereocenters. The predicted molar refractivity (Wildman–Crippen MR) is 67.5 cm³/mol. The van der Waals surface area contributed by atoms with Crippen LogP contribution in [0.3, 0.4) is 0 Å². The van der Waals surface area contributed by atoms with Crippen LogP contribution in [0.25, 0.3) is 0 Å². The Morgan fingerprint density at radius 2 is 2.32 bits per heavy atom. The molecule has 0 aliphatic rings. The van der Waals surface area contributed by atoms with E-state index in [1.165, 1.54) is 23.2 Å². The molecule has 0 aromatic carbocycles. The summed E-state index contributed by atoms with van der Waals surface area (Å²) in [7, 11) is 0. The summed E-state index contributed by atoms with van der Waals surface area (Å²) in [6, 6.07) is 2.96. The molecule has 5 nitrogen and oxygen atoms in total. The molecule has 0 saturated carbocycles. The van der Waals surface area contributed by atoms with Crippen molar-refractivity contribution in [2.75, 3.05) is 31.1 Å². The van der Waals surface area contributed by atoms with Crippen molar-refractivity contribution >= 4 is 11.6 Å². The number of amides is 1. The number of aromatic nitrogens is 1. The van der Waals surface area contributed by atoms with Crippen LogP contribution >= 0.6 is 0 Å². The standard InChI is InChI=1S/C12H17F2N3O2/c1-2-15-12(19)10-7-9(3-4-16-10)17(5-6-18)8-11(13)14/h3-4,7,11,18H,2,5-6,8H2,1H3,(H,15,19). The highest BCUT2D eigenvalue weighted by atomic mass is 19.3. The number of hydrogen-bond acceptors (Lipinski definition) is 4. The normalized spacial score (nSPS) is 10.6. The smallest absolute Gasteiger partial charge is 0.269 e. The lowest BCUT2D eigenvalue weighted by Crippen LogP contribution is -2.32. The zero-order valence-electron chi connectivity index (χ0n) is 10.6. The molecule has 1 aromatic rings. The minimum atomic E-state index is -2.52. The van der Waals surface area contributed by atoms with Gasteiger partial charge in [0.15, 0.2) is 0 Å². The number of nitrogens with zero attached hydrogens (tertiary/aromatic N) is 2. The van der Waals surface area contributed by atoms with Crippen LogP contribution in [0.15, 0.2) is 18.3 Å². The van der Waals surface area contributed by atoms with E-state index in [-0.39, 0.29) is 24.8 Å². The lowest BCUT2D eigenvalue weighted by molar-refractivity contribution is 0.0951. The molecule has 1 aromatic heterocycles. The highest BCUT2D eigenvalue weighted by molar-refractivity contribution is 5.93. The number of alkyl halides is 2. The summed E-state index contributed by atoms with van der Waals surface area (Å²) in [5.74, 6) is -0.356. The molecular formula is C12H17F2N3O2. The topological polar surface area (TPSA) is 65.5 Å². The van der Waals surface area contributed by atoms with E-state index in [0.717, 1.165) is 0 Å². The SMILES string of the molecule is CCNC(=O)c1cc(N(CCO)CC(F)F)ccn1. The molecule has 2 N–H and O–H groups in total. The first-order chi connectivity index (χ1) is 9.08. The van der Waals surface area contributed by atoms with Crippen LogP contribution in [0.2, 0.25) is 0 Å². The monoisotopic (exact) mass is 273 g/mol. The van der Waals surface area contributed by atoms with Gasteiger partial charge in [-0.15, -0.1) is 0 Å². The molecule has 1 heterocycles. The van der Waals surface area contributed by atoms with Crippen molar-refractivity contribution in [1.29, 1.82) is 0 Å². The van der Waals surface area contributed by atoms with Crippen LogP contribution in [0.4, 0.5) is 14.5 Å². The van der Waals surface area contributed by atoms with Crippen molar-refractivity contribution < 1.29 is 18.7 Å². The van der Waals surface area contributed by atoms with Gasteiger partial charge in [-0.25, -0.2) is 8.78 Å². The number of hydrogen-bond donors (Lipinski definition) is 2. The Bertz CT molecular complexity index is 416. The quantitative estimate of drug-likeness (QED) is 0.774. The van der Waals surface area contributed by atoms with Gasteiger partial charge in [-0.2, -0.15) is 0 Å². The van der Waals surface area contributed by atoms with Crippen molar-refractivity contribution in [2.24, 2.45) is 0 Å². The summed E-state index contributed by atoms with van der Waals surface area (Å²) in [4.78, 5) is 16.8. The summed E-state index contributed by atoms with van der Waals surface area (Å²) >= 11 is 0. The highest BCUT2D eigenvalue weighted by Crippen LogP contribution is 2.15. The van der Waals surface area contributed by atoms with Gasteiger partial charge in [-0.3, -0.25) is 9.78 Å². The Morgan fingerprint density at radius 3 is 2.89 bits per heavy atom. The highest BCUT2D eigenvalue weighted by Gasteiger charge is 2.14. The van der Waals surface area contributed by atoms with Crippen LogP contribution in [-0.2, 0) is 0 Å². The average molecular weight is 273 g/mol. The molecule has 0 spiro atoms. The fraction of sp³-hybridized carbons (Fsp3) is 0.500. The second kappa shape index (κ2) is 7.63. The maximum absolute atomic E-state index is 12.5. The van der Waals surface area contributed by atoms with Gasteiger partial charge in [-0.05, 0) is 19.1 Å². The molecule has 1 amide bonds. The zero-order chi connectivity index (χ0) is 14.3. The first-order valence-corrected chi connectivity index (χ1v) is 5.96. The first-order valence-electron chi connectivity index (χ1n) is 5.96. The van der Waals surface area contributed by atoms with Crippen LogP contribution in [0, 0.1) is 0 Å². The predicted octanol–water partition coefficient (Wildman–Crippen LogP) is 0.895. The lowest BCUT2D eigenvalue weighted by Gasteiger charge is -2.23. The molecule has 0 bridgehead atoms. The van der Waals surface area contributed by atoms with Crippen LogP contribution < -0.4 is 10.2 Å². The van der Waals surface area contributed by atoms with Crippen molar-refractivity contribution in [3.8, 4) is 0 Å². The second-order valence-corrected chi connectivity index (χ2v) is 3.82. The fourth-order valence-electron chi connectivity index (χ4n) is 1.60. The van der Waals surface area contributed by atoms with Crippen LogP contribution in [0.1, 0.15) is 17.4 Å². The molecule has 0 fully saturated rings. The molecule has 0 aliphatic carbocycles. The molecule has 1 rings (SSSR count). The van der Waals surface area contributed by atoms with E-state index in [2.05, 4.69) is 10.3 Å². The summed E-state index contributed by atoms with van der Waals surface area (Å²) in [5, 5.41) is 11.5. The van der Waals surface area contributed by atoms with E-state index in [0.29, 0.717) is 12.2 Å². The number of rotatable bonds is 7. The van der Waals surface area contributed by atoms with Gasteiger partial charge in [0.25, 0.3) is 12.3 Å². The lowest BCUT2D eigenvalue weighted by atomic mass is 10.2. The molecule has 19 heavy (non-hydrogen) atoms. The molecule has 0 atom stereocenters. The summed E-state index contributed by atoms with van der Waals surface area (Å²) in [6.07, 6.45) is -1.14. The minimum Gasteiger partial charge on any atom is -0.395 e. The molecular weight excluding hydrogens is 256 g/mol. The molecule has 0 radical (unpaired) electrons. The van der Waals surface area contributed by atoms with E-state index < -0.39 is 13.0 Å². The Labute approximate surface area is 110 Å². The minimum absolute atomic E-state index is 0.0726. The first kappa shape index (κ1) is 15.3. The Morgan fingerprint density at radius 1 is 1.58 bits per heavy atom. The maximum atomic E-state index is 12.5. The van der Waals surface area contributed by atoms with E-state index in [1.807, 2.05) is 0 Å². The zero-order valence-corrected chi connectivity index (χ0v) is 10.6. The second-order valence-electron chi connectivity index (χ2n) is 3.82. The van der Waals surface area contributed by atoms with Crippen LogP contribution in [-0.4, -0.2) is 48.7 Å². The van der Waals surface area contributed by atoms with E-state index in [9.17, 15) is 13.6 Å². The van der Waals surface area contributed by atoms with Crippen molar-refractivity contribution in [1.82, 2.24) is 10.3 Å². The van der Waals surface area contributed by atoms with Crippen molar-refractivity contribution in [3.05, 3.63) is 24.0 Å². The van der Waals surface area contributed by atoms with Gasteiger partial charge in [0, 0.05) is 25.0 Å². The summed E-state index contributed by atoms with van der Waals surface area (Å²) in [6.45, 7) is 1.56. The number of carbonyl (C=O) groups is 1. The maximum Gasteiger partial charge on any atom is 0.269 e. The van der Waals surface area contributed by atoms with E-state index in [4.69, 9.17) is 5.11 Å². The number of nitrogens with one attached hydrogen (secondary N) is 1. The fourth-order valence-corrected chi connectivity index (χ4v) is 1.60. The third kappa shape index (κ3) is 4.78. The van der Waals surface area contributed by atoms with Gasteiger partial charge in [-0.1, -0.05) is 0 Å². The van der Waals surface area contributed by atoms with Gasteiger partial charge in [0.1, 0.15) is 5.69 Å². The van der Waals surface area contributed by atoms with Gasteiger partial charge < -0.3 is 15.3 Å². The number of pyridine rings is 1. The number of aliphatic hydroxyl groups excluding tert-OH is 1. The van der Waals surface area contributed by atoms with Crippen molar-refractivity contribution in [2.45, 2.75) is 13.3 Å². The average Bonchev–Trinajstić information content (AvgIpc) is 2.38. The van der Waals surface area contributed by atoms with Crippen LogP contribution in [0.5, 0.6) is 0 Å². The number of anilines is 1. The molecule has 0 saturated heterocycles. The number of halogens is 2. The Balaban J connectivity index is 2.90. The van der Waals surface area contributed by atoms with E-state index >= 15 is 0 Å². The summed E-state index contributed by atoms with van der Waals surface area (Å²) in [5.41, 5.74) is 0.599. The largest absolute Gasteiger partial charge is 0.395 e. The molecule has 106 valence electrons. The van der Waals surface area contributed by atoms with E-state index in [1.54, 1.807) is 6.92 Å². The Kier molecular flexibility index (Phi) is 6.14. The number of carbonyl (C=O) groups excluding carboxylic acids is 1. The third-order valence-electron chi connectivity index (χ3n) is 2.41.